The number of hydrogen-bond donors (Lipinski definition) is 0. The molecule has 31 heavy (non-hydrogen) atoms. The van der Waals surface area contributed by atoms with Crippen molar-refractivity contribution in [2.75, 3.05) is 20.5 Å². The fourth-order valence-corrected chi connectivity index (χ4v) is 4.50. The van der Waals surface area contributed by atoms with Gasteiger partial charge >= 0.3 is 0 Å². The third kappa shape index (κ3) is 4.31. The van der Waals surface area contributed by atoms with Crippen LogP contribution < -0.4 is 9.47 Å². The van der Waals surface area contributed by atoms with E-state index in [1.54, 1.807) is 7.11 Å². The molecule has 2 aliphatic rings. The summed E-state index contributed by atoms with van der Waals surface area (Å²) in [4.78, 5) is 4.83. The fourth-order valence-electron chi connectivity index (χ4n) is 3.55. The summed E-state index contributed by atoms with van der Waals surface area (Å²) in [5.74, 6) is 2.20. The molecular weight excluding hydrogens is 410 g/mol. The molecule has 7 heteroatoms. The molecule has 0 amide bonds. The molecule has 0 N–H and O–H groups in total. The predicted molar refractivity (Wildman–Crippen MR) is 125 cm³/mol. The zero-order valence-electron chi connectivity index (χ0n) is 19.6. The van der Waals surface area contributed by atoms with Crippen LogP contribution in [0.3, 0.4) is 0 Å². The van der Waals surface area contributed by atoms with Crippen molar-refractivity contribution >= 4 is 25.0 Å². The molecule has 2 heterocycles. The molecule has 0 saturated heterocycles. The van der Waals surface area contributed by atoms with E-state index in [-0.39, 0.29) is 24.0 Å². The van der Waals surface area contributed by atoms with E-state index in [1.807, 2.05) is 19.1 Å². The Hall–Kier alpha value is -2.09. The van der Waals surface area contributed by atoms with Crippen molar-refractivity contribution in [1.82, 2.24) is 0 Å². The maximum Gasteiger partial charge on any atom is 0.231 e. The summed E-state index contributed by atoms with van der Waals surface area (Å²) in [6, 6.07) is 8.33. The molecule has 0 unspecified atom stereocenters. The van der Waals surface area contributed by atoms with Gasteiger partial charge in [0.15, 0.2) is 19.8 Å². The highest BCUT2D eigenvalue weighted by Crippen LogP contribution is 2.39. The van der Waals surface area contributed by atoms with E-state index in [0.717, 1.165) is 33.4 Å². The van der Waals surface area contributed by atoms with E-state index in [2.05, 4.69) is 46.0 Å². The van der Waals surface area contributed by atoms with Gasteiger partial charge in [-0.2, -0.15) is 0 Å². The zero-order chi connectivity index (χ0) is 22.4. The van der Waals surface area contributed by atoms with Crippen LogP contribution in [-0.4, -0.2) is 46.9 Å². The Morgan fingerprint density at radius 3 is 2.32 bits per heavy atom. The van der Waals surface area contributed by atoms with Gasteiger partial charge in [-0.05, 0) is 65.7 Å². The summed E-state index contributed by atoms with van der Waals surface area (Å²) in [5, 5.41) is 2.28. The monoisotopic (exact) mass is 443 g/mol. The van der Waals surface area contributed by atoms with Crippen LogP contribution in [0.5, 0.6) is 11.5 Å². The van der Waals surface area contributed by atoms with Crippen LogP contribution >= 0.6 is 0 Å². The Labute approximate surface area is 185 Å². The van der Waals surface area contributed by atoms with Crippen LogP contribution in [-0.2, 0) is 20.5 Å². The minimum absolute atomic E-state index is 0.0124. The zero-order valence-corrected chi connectivity index (χ0v) is 20.6. The molecule has 0 radical (unpaired) electrons. The quantitative estimate of drug-likeness (QED) is 0.569. The van der Waals surface area contributed by atoms with E-state index in [1.165, 1.54) is 0 Å². The van der Waals surface area contributed by atoms with Gasteiger partial charge in [-0.25, -0.2) is 4.99 Å². The molecule has 2 aromatic carbocycles. The first-order valence-electron chi connectivity index (χ1n) is 10.8. The Kier molecular flexibility index (Phi) is 5.79. The average Bonchev–Trinajstić information content (AvgIpc) is 3.29. The summed E-state index contributed by atoms with van der Waals surface area (Å²) in [6.07, 6.45) is -0.0310. The van der Waals surface area contributed by atoms with Crippen LogP contribution in [0.1, 0.15) is 38.8 Å². The molecule has 0 spiro atoms. The summed E-state index contributed by atoms with van der Waals surface area (Å²) in [5.41, 5.74) is 2.04. The summed E-state index contributed by atoms with van der Waals surface area (Å²) < 4.78 is 29.2. The van der Waals surface area contributed by atoms with Crippen LogP contribution in [0, 0.1) is 0 Å². The first-order valence-corrected chi connectivity index (χ1v) is 13.7. The number of benzene rings is 2. The summed E-state index contributed by atoms with van der Waals surface area (Å²) in [6.45, 7) is 14.6. The van der Waals surface area contributed by atoms with Crippen LogP contribution in [0.15, 0.2) is 29.3 Å². The first kappa shape index (κ1) is 22.1. The molecule has 4 rings (SSSR count). The SMILES string of the molecule is COC[C@H]1N=C(c2cc3cc4c(cc3cc2CO[Si](C)(C)C(C)(C)C)OCO4)O[C@@H]1C. The average molecular weight is 444 g/mol. The first-order chi connectivity index (χ1) is 14.6. The van der Waals surface area contributed by atoms with Crippen molar-refractivity contribution in [3.8, 4) is 11.5 Å². The number of hydrogen-bond acceptors (Lipinski definition) is 6. The second-order valence-electron chi connectivity index (χ2n) is 9.89. The van der Waals surface area contributed by atoms with Gasteiger partial charge in [0.1, 0.15) is 12.1 Å². The lowest BCUT2D eigenvalue weighted by molar-refractivity contribution is 0.129. The highest BCUT2D eigenvalue weighted by molar-refractivity contribution is 6.74. The van der Waals surface area contributed by atoms with E-state index >= 15 is 0 Å². The van der Waals surface area contributed by atoms with Crippen molar-refractivity contribution in [2.45, 2.75) is 64.6 Å². The van der Waals surface area contributed by atoms with Crippen molar-refractivity contribution in [3.63, 3.8) is 0 Å². The molecule has 2 aliphatic heterocycles. The van der Waals surface area contributed by atoms with Crippen LogP contribution in [0.2, 0.25) is 18.1 Å². The minimum Gasteiger partial charge on any atom is -0.472 e. The fraction of sp³-hybridized carbons (Fsp3) is 0.542. The number of rotatable bonds is 6. The molecule has 0 fully saturated rings. The standard InChI is InChI=1S/C24H33NO5Si/c1-15-20(13-26-5)25-23(30-15)19-9-17-11-22-21(27-14-28-22)10-16(17)8-18(19)12-29-31(6,7)24(2,3)4/h8-11,15,20H,12-14H2,1-7H3/t15-,20-/m1/s1. The number of methoxy groups -OCH3 is 1. The maximum atomic E-state index is 6.57. The predicted octanol–water partition coefficient (Wildman–Crippen LogP) is 5.27. The van der Waals surface area contributed by atoms with Gasteiger partial charge in [-0.15, -0.1) is 0 Å². The van der Waals surface area contributed by atoms with Crippen LogP contribution in [0.4, 0.5) is 0 Å². The number of ether oxygens (including phenoxy) is 4. The van der Waals surface area contributed by atoms with Crippen molar-refractivity contribution in [3.05, 3.63) is 35.4 Å². The van der Waals surface area contributed by atoms with E-state index in [0.29, 0.717) is 19.1 Å². The molecule has 2 aromatic rings. The van der Waals surface area contributed by atoms with Gasteiger partial charge in [-0.3, -0.25) is 0 Å². The van der Waals surface area contributed by atoms with E-state index in [4.69, 9.17) is 28.4 Å². The molecule has 0 aromatic heterocycles. The largest absolute Gasteiger partial charge is 0.472 e. The lowest BCUT2D eigenvalue weighted by atomic mass is 10.0. The molecule has 0 bridgehead atoms. The van der Waals surface area contributed by atoms with E-state index < -0.39 is 8.32 Å². The lowest BCUT2D eigenvalue weighted by Gasteiger charge is -2.36. The van der Waals surface area contributed by atoms with Gasteiger partial charge in [0.25, 0.3) is 0 Å². The molecule has 0 saturated carbocycles. The number of fused-ring (bicyclic) bond motifs is 2. The normalized spacial score (nSPS) is 20.8. The Morgan fingerprint density at radius 1 is 1.06 bits per heavy atom. The number of nitrogens with zero attached hydrogens (tertiary/aromatic N) is 1. The smallest absolute Gasteiger partial charge is 0.231 e. The third-order valence-electron chi connectivity index (χ3n) is 6.64. The minimum atomic E-state index is -1.92. The molecule has 0 aliphatic carbocycles. The maximum absolute atomic E-state index is 6.57. The third-order valence-corrected chi connectivity index (χ3v) is 11.1. The molecule has 2 atom stereocenters. The van der Waals surface area contributed by atoms with Gasteiger partial charge in [0, 0.05) is 12.7 Å². The highest BCUT2D eigenvalue weighted by atomic mass is 28.4. The topological polar surface area (TPSA) is 58.5 Å². The Bertz CT molecular complexity index is 1010. The Balaban J connectivity index is 1.76. The van der Waals surface area contributed by atoms with Gasteiger partial charge in [0.2, 0.25) is 12.7 Å². The second-order valence-corrected chi connectivity index (χ2v) is 14.7. The lowest BCUT2D eigenvalue weighted by Crippen LogP contribution is -2.40. The van der Waals surface area contributed by atoms with Gasteiger partial charge < -0.3 is 23.4 Å². The van der Waals surface area contributed by atoms with Gasteiger partial charge in [0.05, 0.1) is 13.2 Å². The van der Waals surface area contributed by atoms with Crippen LogP contribution in [0.25, 0.3) is 10.8 Å². The Morgan fingerprint density at radius 2 is 1.71 bits per heavy atom. The highest BCUT2D eigenvalue weighted by Gasteiger charge is 2.37. The van der Waals surface area contributed by atoms with Crippen molar-refractivity contribution in [1.29, 1.82) is 0 Å². The molecular formula is C24H33NO5Si. The summed E-state index contributed by atoms with van der Waals surface area (Å²) >= 11 is 0. The number of aliphatic imine (C=N–C) groups is 1. The second kappa shape index (κ2) is 8.11. The molecule has 6 nitrogen and oxygen atoms in total. The van der Waals surface area contributed by atoms with Crippen molar-refractivity contribution < 1.29 is 23.4 Å². The molecule has 168 valence electrons. The van der Waals surface area contributed by atoms with E-state index in [9.17, 15) is 0 Å². The van der Waals surface area contributed by atoms with Crippen molar-refractivity contribution in [2.24, 2.45) is 4.99 Å². The van der Waals surface area contributed by atoms with Gasteiger partial charge in [-0.1, -0.05) is 20.8 Å². The summed E-state index contributed by atoms with van der Waals surface area (Å²) in [7, 11) is -0.228.